The van der Waals surface area contributed by atoms with Gasteiger partial charge in [-0.25, -0.2) is 9.37 Å². The lowest BCUT2D eigenvalue weighted by Gasteiger charge is -2.10. The molecule has 0 spiro atoms. The number of hydrogen-bond donors (Lipinski definition) is 1. The highest BCUT2D eigenvalue weighted by Crippen LogP contribution is 2.24. The molecule has 0 saturated carbocycles. The minimum absolute atomic E-state index is 0.0601. The van der Waals surface area contributed by atoms with E-state index < -0.39 is 11.4 Å². The second kappa shape index (κ2) is 9.64. The van der Waals surface area contributed by atoms with Crippen molar-refractivity contribution in [1.29, 1.82) is 0 Å². The van der Waals surface area contributed by atoms with E-state index in [-0.39, 0.29) is 41.8 Å². The van der Waals surface area contributed by atoms with Crippen molar-refractivity contribution in [2.75, 3.05) is 0 Å². The van der Waals surface area contributed by atoms with Gasteiger partial charge in [0.1, 0.15) is 29.0 Å². The molecule has 0 unspecified atom stereocenters. The van der Waals surface area contributed by atoms with E-state index >= 15 is 0 Å². The van der Waals surface area contributed by atoms with Gasteiger partial charge >= 0.3 is 0 Å². The van der Waals surface area contributed by atoms with Gasteiger partial charge in [-0.1, -0.05) is 29.4 Å². The monoisotopic (exact) mass is 450 g/mol. The zero-order valence-electron chi connectivity index (χ0n) is 18.2. The third-order valence-corrected chi connectivity index (χ3v) is 4.93. The number of aromatic nitrogens is 3. The number of aryl methyl sites for hydroxylation is 1. The Labute approximate surface area is 189 Å². The molecule has 2 aromatic carbocycles. The van der Waals surface area contributed by atoms with E-state index in [9.17, 15) is 14.0 Å². The highest BCUT2D eigenvalue weighted by atomic mass is 19.1. The van der Waals surface area contributed by atoms with Crippen LogP contribution in [0.2, 0.25) is 0 Å². The second-order valence-electron chi connectivity index (χ2n) is 7.80. The quantitative estimate of drug-likeness (QED) is 0.440. The lowest BCUT2D eigenvalue weighted by molar-refractivity contribution is -0.121. The Balaban J connectivity index is 1.41. The molecule has 1 N–H and O–H groups in total. The van der Waals surface area contributed by atoms with Crippen molar-refractivity contribution in [2.45, 2.75) is 39.5 Å². The number of nitrogens with zero attached hydrogens (tertiary/aromatic N) is 3. The fraction of sp³-hybridized carbons (Fsp3) is 0.250. The van der Waals surface area contributed by atoms with Gasteiger partial charge in [0.2, 0.25) is 5.91 Å². The van der Waals surface area contributed by atoms with Crippen LogP contribution in [-0.4, -0.2) is 26.7 Å². The molecule has 0 fully saturated rings. The van der Waals surface area contributed by atoms with Gasteiger partial charge in [-0.15, -0.1) is 0 Å². The highest BCUT2D eigenvalue weighted by molar-refractivity contribution is 5.88. The number of nitrogens with one attached hydrogen (secondary N) is 1. The fourth-order valence-corrected chi connectivity index (χ4v) is 3.34. The Bertz CT molecular complexity index is 1330. The molecule has 0 atom stereocenters. The van der Waals surface area contributed by atoms with Crippen molar-refractivity contribution in [3.63, 3.8) is 0 Å². The third-order valence-electron chi connectivity index (χ3n) is 4.93. The smallest absolute Gasteiger partial charge is 0.266 e. The molecule has 4 aromatic rings. The minimum atomic E-state index is -0.452. The van der Waals surface area contributed by atoms with E-state index in [1.54, 1.807) is 6.07 Å². The summed E-state index contributed by atoms with van der Waals surface area (Å²) in [6.45, 7) is 4.40. The average Bonchev–Trinajstić information content (AvgIpc) is 3.23. The number of benzene rings is 2. The number of rotatable bonds is 8. The van der Waals surface area contributed by atoms with Crippen molar-refractivity contribution >= 4 is 17.0 Å². The van der Waals surface area contributed by atoms with Gasteiger partial charge < -0.3 is 14.6 Å². The van der Waals surface area contributed by atoms with Crippen LogP contribution in [0.25, 0.3) is 22.4 Å². The molecule has 9 heteroatoms. The van der Waals surface area contributed by atoms with Gasteiger partial charge in [0.15, 0.2) is 0 Å². The summed E-state index contributed by atoms with van der Waals surface area (Å²) >= 11 is 0. The van der Waals surface area contributed by atoms with Gasteiger partial charge in [0.05, 0.1) is 6.10 Å². The van der Waals surface area contributed by atoms with Gasteiger partial charge in [-0.3, -0.25) is 14.2 Å². The normalized spacial score (nSPS) is 11.2. The molecule has 2 heterocycles. The first kappa shape index (κ1) is 22.2. The van der Waals surface area contributed by atoms with Crippen LogP contribution in [0.1, 0.15) is 25.8 Å². The van der Waals surface area contributed by atoms with Crippen molar-refractivity contribution in [3.8, 4) is 17.0 Å². The van der Waals surface area contributed by atoms with Crippen LogP contribution in [0, 0.1) is 5.82 Å². The molecule has 0 bridgehead atoms. The molecule has 0 saturated heterocycles. The van der Waals surface area contributed by atoms with E-state index in [1.807, 2.05) is 38.1 Å². The van der Waals surface area contributed by atoms with Crippen LogP contribution in [0.15, 0.2) is 64.2 Å². The van der Waals surface area contributed by atoms with E-state index in [0.717, 1.165) is 11.3 Å². The molecule has 33 heavy (non-hydrogen) atoms. The molecule has 0 aliphatic carbocycles. The molecule has 0 aliphatic heterocycles. The van der Waals surface area contributed by atoms with Crippen LogP contribution in [-0.2, 0) is 17.9 Å². The molecule has 0 radical (unpaired) electrons. The first-order chi connectivity index (χ1) is 15.9. The Morgan fingerprint density at radius 2 is 2.00 bits per heavy atom. The number of hydrogen-bond acceptors (Lipinski definition) is 6. The van der Waals surface area contributed by atoms with Crippen molar-refractivity contribution < 1.29 is 18.4 Å². The summed E-state index contributed by atoms with van der Waals surface area (Å²) in [7, 11) is 0. The molecule has 1 amide bonds. The molecule has 4 rings (SSSR count). The third kappa shape index (κ3) is 5.25. The first-order valence-electron chi connectivity index (χ1n) is 10.5. The molecular weight excluding hydrogens is 427 g/mol. The van der Waals surface area contributed by atoms with Crippen molar-refractivity contribution in [1.82, 2.24) is 20.0 Å². The zero-order valence-corrected chi connectivity index (χ0v) is 18.2. The SMILES string of the molecule is CC(C)Oc1ccc(CNC(=O)CCn2cnc3onc(-c4cccc(F)c4)c3c2=O)cc1. The van der Waals surface area contributed by atoms with Crippen LogP contribution in [0.4, 0.5) is 4.39 Å². The van der Waals surface area contributed by atoms with Crippen LogP contribution in [0.5, 0.6) is 5.75 Å². The maximum atomic E-state index is 13.6. The van der Waals surface area contributed by atoms with E-state index in [4.69, 9.17) is 9.26 Å². The van der Waals surface area contributed by atoms with Gasteiger partial charge in [0.25, 0.3) is 11.3 Å². The standard InChI is InChI=1S/C24H23FN4O4/c1-15(2)32-19-8-6-16(7-9-19)13-26-20(30)10-11-29-14-27-23-21(24(29)31)22(28-33-23)17-4-3-5-18(25)12-17/h3-9,12,14-15H,10-11,13H2,1-2H3,(H,26,30). The number of ether oxygens (including phenoxy) is 1. The van der Waals surface area contributed by atoms with Gasteiger partial charge in [0, 0.05) is 25.1 Å². The molecule has 8 nitrogen and oxygen atoms in total. The summed E-state index contributed by atoms with van der Waals surface area (Å²) in [6.07, 6.45) is 1.49. The number of halogens is 1. The van der Waals surface area contributed by atoms with Crippen molar-refractivity contribution in [3.05, 3.63) is 76.6 Å². The first-order valence-corrected chi connectivity index (χ1v) is 10.5. The molecule has 170 valence electrons. The lowest BCUT2D eigenvalue weighted by Crippen LogP contribution is -2.27. The number of carbonyl (C=O) groups excluding carboxylic acids is 1. The summed E-state index contributed by atoms with van der Waals surface area (Å²) in [5, 5.41) is 6.87. The Kier molecular flexibility index (Phi) is 6.48. The highest BCUT2D eigenvalue weighted by Gasteiger charge is 2.17. The maximum Gasteiger partial charge on any atom is 0.266 e. The predicted octanol–water partition coefficient (Wildman–Crippen LogP) is 3.68. The van der Waals surface area contributed by atoms with Crippen LogP contribution in [0.3, 0.4) is 0 Å². The summed E-state index contributed by atoms with van der Waals surface area (Å²) in [4.78, 5) is 29.4. The Morgan fingerprint density at radius 1 is 1.21 bits per heavy atom. The van der Waals surface area contributed by atoms with Crippen LogP contribution < -0.4 is 15.6 Å². The fourth-order valence-electron chi connectivity index (χ4n) is 3.34. The van der Waals surface area contributed by atoms with Crippen molar-refractivity contribution in [2.24, 2.45) is 0 Å². The summed E-state index contributed by atoms with van der Waals surface area (Å²) in [6, 6.07) is 13.2. The largest absolute Gasteiger partial charge is 0.491 e. The lowest BCUT2D eigenvalue weighted by atomic mass is 10.1. The summed E-state index contributed by atoms with van der Waals surface area (Å²) < 4.78 is 25.7. The molecule has 0 aliphatic rings. The topological polar surface area (TPSA) is 99.2 Å². The Morgan fingerprint density at radius 3 is 2.73 bits per heavy atom. The molecule has 2 aromatic heterocycles. The van der Waals surface area contributed by atoms with E-state index in [1.165, 1.54) is 29.1 Å². The predicted molar refractivity (Wildman–Crippen MR) is 120 cm³/mol. The summed E-state index contributed by atoms with van der Waals surface area (Å²) in [5.41, 5.74) is 1.21. The number of carbonyl (C=O) groups is 1. The molecular formula is C24H23FN4O4. The van der Waals surface area contributed by atoms with E-state index in [0.29, 0.717) is 12.1 Å². The maximum absolute atomic E-state index is 13.6. The van der Waals surface area contributed by atoms with E-state index in [2.05, 4.69) is 15.5 Å². The Hall–Kier alpha value is -4.01. The minimum Gasteiger partial charge on any atom is -0.491 e. The van der Waals surface area contributed by atoms with Gasteiger partial charge in [-0.2, -0.15) is 0 Å². The summed E-state index contributed by atoms with van der Waals surface area (Å²) in [5.74, 6) is 0.112. The zero-order chi connectivity index (χ0) is 23.4. The average molecular weight is 450 g/mol. The van der Waals surface area contributed by atoms with Crippen LogP contribution >= 0.6 is 0 Å². The number of amides is 1. The number of fused-ring (bicyclic) bond motifs is 1. The second-order valence-corrected chi connectivity index (χ2v) is 7.80. The van der Waals surface area contributed by atoms with Gasteiger partial charge in [-0.05, 0) is 43.7 Å².